The van der Waals surface area contributed by atoms with Crippen LogP contribution in [0.1, 0.15) is 39.5 Å². The molecule has 2 rings (SSSR count). The Bertz CT molecular complexity index is 384. The molecule has 2 N–H and O–H groups in total. The SMILES string of the molecule is CCCCC(=O)N1CSCC1C(=O)NC1CNCCC1C.Cl. The van der Waals surface area contributed by atoms with Gasteiger partial charge >= 0.3 is 0 Å². The summed E-state index contributed by atoms with van der Waals surface area (Å²) in [6, 6.07) is -0.0991. The first-order valence-electron chi connectivity index (χ1n) is 8.01. The van der Waals surface area contributed by atoms with E-state index in [0.29, 0.717) is 18.2 Å². The van der Waals surface area contributed by atoms with Crippen LogP contribution in [0.3, 0.4) is 0 Å². The van der Waals surface area contributed by atoms with Crippen LogP contribution in [0.15, 0.2) is 0 Å². The first-order chi connectivity index (χ1) is 10.1. The second-order valence-electron chi connectivity index (χ2n) is 6.07. The van der Waals surface area contributed by atoms with Crippen molar-refractivity contribution in [1.82, 2.24) is 15.5 Å². The lowest BCUT2D eigenvalue weighted by Gasteiger charge is -2.32. The molecule has 5 nitrogen and oxygen atoms in total. The molecule has 2 aliphatic rings. The van der Waals surface area contributed by atoms with E-state index in [-0.39, 0.29) is 36.3 Å². The topological polar surface area (TPSA) is 61.4 Å². The third kappa shape index (κ3) is 5.03. The van der Waals surface area contributed by atoms with E-state index in [9.17, 15) is 9.59 Å². The van der Waals surface area contributed by atoms with Crippen molar-refractivity contribution in [1.29, 1.82) is 0 Å². The molecule has 0 spiro atoms. The molecule has 2 amide bonds. The third-order valence-electron chi connectivity index (χ3n) is 4.40. The number of hydrogen-bond donors (Lipinski definition) is 2. The highest BCUT2D eigenvalue weighted by Gasteiger charge is 2.35. The van der Waals surface area contributed by atoms with Gasteiger partial charge in [0.15, 0.2) is 0 Å². The van der Waals surface area contributed by atoms with Gasteiger partial charge in [0.05, 0.1) is 5.88 Å². The van der Waals surface area contributed by atoms with Crippen LogP contribution in [0.5, 0.6) is 0 Å². The van der Waals surface area contributed by atoms with Crippen LogP contribution in [0.2, 0.25) is 0 Å². The molecular weight excluding hydrogens is 322 g/mol. The summed E-state index contributed by atoms with van der Waals surface area (Å²) in [4.78, 5) is 26.5. The molecular formula is C15H28ClN3O2S. The number of nitrogens with one attached hydrogen (secondary N) is 2. The number of hydrogen-bond acceptors (Lipinski definition) is 4. The molecule has 128 valence electrons. The van der Waals surface area contributed by atoms with E-state index in [1.165, 1.54) is 0 Å². The minimum absolute atomic E-state index is 0. The number of unbranched alkanes of at least 4 members (excludes halogenated alkanes) is 1. The molecule has 2 fully saturated rings. The van der Waals surface area contributed by atoms with Gasteiger partial charge in [-0.1, -0.05) is 20.3 Å². The van der Waals surface area contributed by atoms with Crippen LogP contribution in [-0.2, 0) is 9.59 Å². The molecule has 0 radical (unpaired) electrons. The first-order valence-corrected chi connectivity index (χ1v) is 9.17. The fourth-order valence-electron chi connectivity index (χ4n) is 2.84. The highest BCUT2D eigenvalue weighted by atomic mass is 35.5. The van der Waals surface area contributed by atoms with Crippen molar-refractivity contribution in [2.75, 3.05) is 24.7 Å². The molecule has 3 unspecified atom stereocenters. The van der Waals surface area contributed by atoms with Crippen molar-refractivity contribution in [3.63, 3.8) is 0 Å². The quantitative estimate of drug-likeness (QED) is 0.791. The Kier molecular flexibility index (Phi) is 8.57. The molecule has 0 bridgehead atoms. The number of thioether (sulfide) groups is 1. The summed E-state index contributed by atoms with van der Waals surface area (Å²) in [7, 11) is 0. The Morgan fingerprint density at radius 3 is 2.86 bits per heavy atom. The lowest BCUT2D eigenvalue weighted by molar-refractivity contribution is -0.138. The predicted octanol–water partition coefficient (Wildman–Crippen LogP) is 1.61. The van der Waals surface area contributed by atoms with Gasteiger partial charge in [0.2, 0.25) is 11.8 Å². The summed E-state index contributed by atoms with van der Waals surface area (Å²) in [5, 5.41) is 6.47. The van der Waals surface area contributed by atoms with Crippen molar-refractivity contribution in [3.8, 4) is 0 Å². The van der Waals surface area contributed by atoms with E-state index in [1.807, 2.05) is 0 Å². The maximum absolute atomic E-state index is 12.5. The van der Waals surface area contributed by atoms with Crippen LogP contribution >= 0.6 is 24.2 Å². The van der Waals surface area contributed by atoms with Gasteiger partial charge in [0.25, 0.3) is 0 Å². The minimum Gasteiger partial charge on any atom is -0.350 e. The summed E-state index contributed by atoms with van der Waals surface area (Å²) in [5.41, 5.74) is 0. The smallest absolute Gasteiger partial charge is 0.243 e. The number of halogens is 1. The molecule has 0 aromatic carbocycles. The zero-order chi connectivity index (χ0) is 15.2. The van der Waals surface area contributed by atoms with Gasteiger partial charge in [-0.3, -0.25) is 9.59 Å². The highest BCUT2D eigenvalue weighted by Crippen LogP contribution is 2.23. The summed E-state index contributed by atoms with van der Waals surface area (Å²) in [6.45, 7) is 6.11. The van der Waals surface area contributed by atoms with Crippen molar-refractivity contribution in [3.05, 3.63) is 0 Å². The Morgan fingerprint density at radius 1 is 1.41 bits per heavy atom. The van der Waals surface area contributed by atoms with Crippen LogP contribution < -0.4 is 10.6 Å². The van der Waals surface area contributed by atoms with Crippen LogP contribution in [0.25, 0.3) is 0 Å². The van der Waals surface area contributed by atoms with Gasteiger partial charge in [-0.25, -0.2) is 0 Å². The van der Waals surface area contributed by atoms with E-state index >= 15 is 0 Å². The normalized spacial score (nSPS) is 28.1. The van der Waals surface area contributed by atoms with Gasteiger partial charge in [0.1, 0.15) is 6.04 Å². The second kappa shape index (κ2) is 9.63. The van der Waals surface area contributed by atoms with Crippen LogP contribution in [0, 0.1) is 5.92 Å². The summed E-state index contributed by atoms with van der Waals surface area (Å²) in [6.07, 6.45) is 3.55. The number of amides is 2. The first kappa shape index (κ1) is 19.6. The maximum Gasteiger partial charge on any atom is 0.243 e. The van der Waals surface area contributed by atoms with Crippen LogP contribution in [-0.4, -0.2) is 53.5 Å². The van der Waals surface area contributed by atoms with Crippen molar-refractivity contribution in [2.24, 2.45) is 5.92 Å². The van der Waals surface area contributed by atoms with Gasteiger partial charge < -0.3 is 15.5 Å². The molecule has 0 aromatic heterocycles. The Morgan fingerprint density at radius 2 is 2.18 bits per heavy atom. The number of carbonyl (C=O) groups excluding carboxylic acids is 2. The average Bonchev–Trinajstić information content (AvgIpc) is 2.96. The predicted molar refractivity (Wildman–Crippen MR) is 93.3 cm³/mol. The lowest BCUT2D eigenvalue weighted by Crippen LogP contribution is -2.55. The zero-order valence-corrected chi connectivity index (χ0v) is 15.1. The summed E-state index contributed by atoms with van der Waals surface area (Å²) >= 11 is 1.67. The van der Waals surface area contributed by atoms with Gasteiger partial charge in [0, 0.05) is 24.8 Å². The number of rotatable bonds is 5. The molecule has 0 aromatic rings. The molecule has 0 saturated carbocycles. The zero-order valence-electron chi connectivity index (χ0n) is 13.5. The molecule has 2 heterocycles. The van der Waals surface area contributed by atoms with Gasteiger partial charge in [-0.05, 0) is 25.3 Å². The lowest BCUT2D eigenvalue weighted by atomic mass is 9.94. The van der Waals surface area contributed by atoms with E-state index < -0.39 is 0 Å². The fraction of sp³-hybridized carbons (Fsp3) is 0.867. The fourth-order valence-corrected chi connectivity index (χ4v) is 4.02. The monoisotopic (exact) mass is 349 g/mol. The van der Waals surface area contributed by atoms with Gasteiger partial charge in [-0.2, -0.15) is 0 Å². The molecule has 3 atom stereocenters. The van der Waals surface area contributed by atoms with Crippen molar-refractivity contribution < 1.29 is 9.59 Å². The summed E-state index contributed by atoms with van der Waals surface area (Å²) in [5.74, 6) is 2.01. The molecule has 2 aliphatic heterocycles. The Labute approximate surface area is 143 Å². The van der Waals surface area contributed by atoms with E-state index in [2.05, 4.69) is 24.5 Å². The maximum atomic E-state index is 12.5. The number of piperidine rings is 1. The van der Waals surface area contributed by atoms with Gasteiger partial charge in [-0.15, -0.1) is 24.2 Å². The van der Waals surface area contributed by atoms with E-state index in [4.69, 9.17) is 0 Å². The Balaban J connectivity index is 0.00000242. The number of nitrogens with zero attached hydrogens (tertiary/aromatic N) is 1. The standard InChI is InChI=1S/C15H27N3O2S.ClH/c1-3-4-5-14(19)18-10-21-9-13(18)15(20)17-12-8-16-7-6-11(12)2;/h11-13,16H,3-10H2,1-2H3,(H,17,20);1H. The minimum atomic E-state index is -0.284. The molecule has 7 heteroatoms. The number of carbonyl (C=O) groups is 2. The third-order valence-corrected chi connectivity index (χ3v) is 5.42. The average molecular weight is 350 g/mol. The van der Waals surface area contributed by atoms with E-state index in [1.54, 1.807) is 16.7 Å². The highest BCUT2D eigenvalue weighted by molar-refractivity contribution is 7.99. The molecule has 22 heavy (non-hydrogen) atoms. The van der Waals surface area contributed by atoms with Crippen LogP contribution in [0.4, 0.5) is 0 Å². The van der Waals surface area contributed by atoms with E-state index in [0.717, 1.165) is 38.1 Å². The largest absolute Gasteiger partial charge is 0.350 e. The summed E-state index contributed by atoms with van der Waals surface area (Å²) < 4.78 is 0. The van der Waals surface area contributed by atoms with Crippen molar-refractivity contribution in [2.45, 2.75) is 51.6 Å². The second-order valence-corrected chi connectivity index (χ2v) is 7.07. The Hall–Kier alpha value is -0.460. The van der Waals surface area contributed by atoms with Crippen molar-refractivity contribution >= 4 is 36.0 Å². The molecule has 0 aliphatic carbocycles. The molecule has 2 saturated heterocycles.